The van der Waals surface area contributed by atoms with Gasteiger partial charge in [0.1, 0.15) is 5.75 Å². The fourth-order valence-electron chi connectivity index (χ4n) is 12.4. The number of phenols is 3. The van der Waals surface area contributed by atoms with Crippen LogP contribution in [0.3, 0.4) is 0 Å². The van der Waals surface area contributed by atoms with E-state index in [4.69, 9.17) is 9.47 Å². The van der Waals surface area contributed by atoms with Gasteiger partial charge >= 0.3 is 0 Å². The van der Waals surface area contributed by atoms with Gasteiger partial charge in [-0.25, -0.2) is 0 Å². The van der Waals surface area contributed by atoms with E-state index in [0.29, 0.717) is 35.6 Å². The van der Waals surface area contributed by atoms with Crippen molar-refractivity contribution in [2.45, 2.75) is 145 Å². The number of aliphatic hydroxyl groups excluding tert-OH is 3. The Kier molecular flexibility index (Phi) is 13.7. The number of aromatic amines is 1. The molecule has 1 saturated heterocycles. The third-order valence-electron chi connectivity index (χ3n) is 15.5. The Bertz CT molecular complexity index is 2050. The van der Waals surface area contributed by atoms with Gasteiger partial charge in [-0.2, -0.15) is 0 Å². The van der Waals surface area contributed by atoms with E-state index in [1.54, 1.807) is 0 Å². The molecule has 8 rings (SSSR count). The molecular weight excluding hydrogens is 769 g/mol. The summed E-state index contributed by atoms with van der Waals surface area (Å²) in [5.41, 5.74) is 5.62. The number of ether oxygens (including phenoxy) is 2. The first-order valence-corrected chi connectivity index (χ1v) is 23.0. The lowest BCUT2D eigenvalue weighted by molar-refractivity contribution is -0.154. The Morgan fingerprint density at radius 1 is 0.918 bits per heavy atom. The summed E-state index contributed by atoms with van der Waals surface area (Å²) in [6.07, 6.45) is 15.0. The second-order valence-corrected chi connectivity index (χ2v) is 18.9. The minimum atomic E-state index is -0.670. The van der Waals surface area contributed by atoms with Crippen LogP contribution in [0, 0.1) is 17.8 Å². The van der Waals surface area contributed by atoms with Crippen LogP contribution in [0.4, 0.5) is 0 Å². The van der Waals surface area contributed by atoms with Crippen LogP contribution in [-0.4, -0.2) is 74.6 Å². The standard InChI is InChI=1S/C51H68N2O8/c1-52-21-17-31-11-14-36(44(57)28-51(19-7-4-8-20-51)35-9-5-3-6-10-35)38(23-31)39-25-33(13-16-42(39)55)34-12-15-37-43(56)27-46(61-45(37)26-34)47-40(24-32-18-22-53-29-32)50(60-2)49(59)48(58)41(47)30-54/h3,5-6,9-10,13,16,18,22,25,29,31,34,36-38,43-46,52-59H,4,7-8,11-12,14-15,17,19-21,23-24,26-28,30H2,1-2H3. The molecule has 2 heterocycles. The zero-order valence-corrected chi connectivity index (χ0v) is 36.1. The number of hydrogen-bond donors (Lipinski definition) is 8. The van der Waals surface area contributed by atoms with Gasteiger partial charge in [0.2, 0.25) is 5.75 Å². The molecule has 0 spiro atoms. The molecule has 61 heavy (non-hydrogen) atoms. The summed E-state index contributed by atoms with van der Waals surface area (Å²) >= 11 is 0. The predicted molar refractivity (Wildman–Crippen MR) is 236 cm³/mol. The van der Waals surface area contributed by atoms with Crippen LogP contribution < -0.4 is 10.1 Å². The van der Waals surface area contributed by atoms with Crippen LogP contribution in [0.25, 0.3) is 0 Å². The quantitative estimate of drug-likeness (QED) is 0.0580. The van der Waals surface area contributed by atoms with Crippen molar-refractivity contribution in [3.05, 3.63) is 106 Å². The number of rotatable bonds is 14. The molecule has 4 aromatic rings. The van der Waals surface area contributed by atoms with Crippen LogP contribution in [-0.2, 0) is 23.2 Å². The first-order chi connectivity index (χ1) is 29.6. The number of fused-ring (bicyclic) bond motifs is 1. The first kappa shape index (κ1) is 43.6. The summed E-state index contributed by atoms with van der Waals surface area (Å²) in [4.78, 5) is 3.07. The first-order valence-electron chi connectivity index (χ1n) is 23.0. The van der Waals surface area contributed by atoms with E-state index < -0.39 is 36.4 Å². The molecule has 4 aliphatic rings. The number of phenolic OH excluding ortho intramolecular Hbond substituents is 2. The molecule has 0 radical (unpaired) electrons. The topological polar surface area (TPSA) is 168 Å². The molecular formula is C51H68N2O8. The molecule has 3 saturated carbocycles. The van der Waals surface area contributed by atoms with E-state index in [1.807, 2.05) is 37.6 Å². The van der Waals surface area contributed by atoms with E-state index in [9.17, 15) is 30.6 Å². The Morgan fingerprint density at radius 3 is 2.44 bits per heavy atom. The molecule has 9 unspecified atom stereocenters. The number of aromatic nitrogens is 1. The van der Waals surface area contributed by atoms with Crippen molar-refractivity contribution in [2.75, 3.05) is 20.7 Å². The van der Waals surface area contributed by atoms with Gasteiger partial charge in [0.25, 0.3) is 0 Å². The zero-order valence-electron chi connectivity index (χ0n) is 36.1. The molecule has 1 aromatic heterocycles. The Balaban J connectivity index is 1.07. The van der Waals surface area contributed by atoms with Crippen molar-refractivity contribution in [1.29, 1.82) is 0 Å². The fraction of sp³-hybridized carbons (Fsp3) is 0.569. The maximum atomic E-state index is 12.4. The highest BCUT2D eigenvalue weighted by molar-refractivity contribution is 5.64. The SMILES string of the molecule is CNCCC1CCC(C(O)CC2(c3ccccc3)CCCCC2)C(c2cc(C3CCC4C(O)CC(c5c(CO)c(O)c(O)c(OC)c5Cc5cc[nH]c5)OC4C3)ccc2O)C1. The molecule has 0 bridgehead atoms. The summed E-state index contributed by atoms with van der Waals surface area (Å²) in [6, 6.07) is 18.9. The molecule has 10 heteroatoms. The second kappa shape index (κ2) is 19.1. The van der Waals surface area contributed by atoms with Crippen molar-refractivity contribution in [3.63, 3.8) is 0 Å². The van der Waals surface area contributed by atoms with Gasteiger partial charge in [0.15, 0.2) is 11.5 Å². The largest absolute Gasteiger partial charge is 0.508 e. The normalized spacial score (nSPS) is 28.2. The second-order valence-electron chi connectivity index (χ2n) is 18.9. The van der Waals surface area contributed by atoms with Crippen molar-refractivity contribution >= 4 is 0 Å². The van der Waals surface area contributed by atoms with Crippen molar-refractivity contribution in [2.24, 2.45) is 17.8 Å². The molecule has 1 aliphatic heterocycles. The van der Waals surface area contributed by atoms with Crippen molar-refractivity contribution < 1.29 is 40.1 Å². The minimum Gasteiger partial charge on any atom is -0.508 e. The van der Waals surface area contributed by atoms with E-state index >= 15 is 0 Å². The van der Waals surface area contributed by atoms with Gasteiger partial charge in [0, 0.05) is 42.3 Å². The number of benzene rings is 3. The zero-order chi connectivity index (χ0) is 42.7. The lowest BCUT2D eigenvalue weighted by Gasteiger charge is -2.46. The summed E-state index contributed by atoms with van der Waals surface area (Å²) in [5.74, 6) is 0.117. The van der Waals surface area contributed by atoms with Gasteiger partial charge in [0.05, 0.1) is 38.1 Å². The number of aromatic hydroxyl groups is 3. The molecule has 3 aliphatic carbocycles. The van der Waals surface area contributed by atoms with Crippen LogP contribution in [0.1, 0.15) is 147 Å². The molecule has 10 nitrogen and oxygen atoms in total. The summed E-state index contributed by atoms with van der Waals surface area (Å²) < 4.78 is 12.6. The molecule has 8 N–H and O–H groups in total. The maximum Gasteiger partial charge on any atom is 0.201 e. The molecule has 3 aromatic carbocycles. The van der Waals surface area contributed by atoms with Crippen LogP contribution >= 0.6 is 0 Å². The number of H-pyrrole nitrogens is 1. The average Bonchev–Trinajstić information content (AvgIpc) is 3.80. The monoisotopic (exact) mass is 836 g/mol. The summed E-state index contributed by atoms with van der Waals surface area (Å²) in [5, 5.41) is 71.9. The third kappa shape index (κ3) is 8.94. The number of aliphatic hydroxyl groups is 3. The van der Waals surface area contributed by atoms with Gasteiger partial charge < -0.3 is 50.4 Å². The smallest absolute Gasteiger partial charge is 0.201 e. The fourth-order valence-corrected chi connectivity index (χ4v) is 12.4. The van der Waals surface area contributed by atoms with E-state index in [0.717, 1.165) is 81.0 Å². The Hall–Kier alpha value is -4.06. The molecule has 4 fully saturated rings. The Morgan fingerprint density at radius 2 is 1.72 bits per heavy atom. The lowest BCUT2D eigenvalue weighted by Crippen LogP contribution is -2.44. The minimum absolute atomic E-state index is 0.0166. The summed E-state index contributed by atoms with van der Waals surface area (Å²) in [6.45, 7) is 0.414. The van der Waals surface area contributed by atoms with Crippen LogP contribution in [0.15, 0.2) is 67.0 Å². The highest BCUT2D eigenvalue weighted by Crippen LogP contribution is 2.54. The highest BCUT2D eigenvalue weighted by atomic mass is 16.5. The average molecular weight is 837 g/mol. The number of methoxy groups -OCH3 is 1. The van der Waals surface area contributed by atoms with Crippen molar-refractivity contribution in [1.82, 2.24) is 10.3 Å². The third-order valence-corrected chi connectivity index (χ3v) is 15.5. The van der Waals surface area contributed by atoms with Gasteiger partial charge in [-0.3, -0.25) is 0 Å². The number of hydrogen-bond acceptors (Lipinski definition) is 9. The van der Waals surface area contributed by atoms with E-state index in [2.05, 4.69) is 46.7 Å². The van der Waals surface area contributed by atoms with Gasteiger partial charge in [-0.1, -0.05) is 61.7 Å². The molecule has 330 valence electrons. The Labute approximate surface area is 361 Å². The van der Waals surface area contributed by atoms with Crippen molar-refractivity contribution in [3.8, 4) is 23.0 Å². The van der Waals surface area contributed by atoms with Gasteiger partial charge in [-0.05, 0) is 147 Å². The van der Waals surface area contributed by atoms with Gasteiger partial charge in [-0.15, -0.1) is 0 Å². The van der Waals surface area contributed by atoms with E-state index in [-0.39, 0.29) is 52.9 Å². The lowest BCUT2D eigenvalue weighted by atomic mass is 9.61. The molecule has 9 atom stereocenters. The predicted octanol–water partition coefficient (Wildman–Crippen LogP) is 8.76. The highest BCUT2D eigenvalue weighted by Gasteiger charge is 2.46. The molecule has 0 amide bonds. The van der Waals surface area contributed by atoms with Crippen LogP contribution in [0.2, 0.25) is 0 Å². The summed E-state index contributed by atoms with van der Waals surface area (Å²) in [7, 11) is 3.44. The number of nitrogens with one attached hydrogen (secondary N) is 2. The maximum absolute atomic E-state index is 12.4. The van der Waals surface area contributed by atoms with Crippen LogP contribution in [0.5, 0.6) is 23.0 Å². The van der Waals surface area contributed by atoms with E-state index in [1.165, 1.54) is 31.9 Å².